The summed E-state index contributed by atoms with van der Waals surface area (Å²) in [5.74, 6) is -0.238. The molecule has 2 aromatic rings. The predicted octanol–water partition coefficient (Wildman–Crippen LogP) is 3.90. The van der Waals surface area contributed by atoms with Gasteiger partial charge in [-0.15, -0.1) is 0 Å². The highest BCUT2D eigenvalue weighted by atomic mass is 35.5. The quantitative estimate of drug-likeness (QED) is 0.861. The van der Waals surface area contributed by atoms with Crippen LogP contribution in [-0.2, 0) is 16.0 Å². The maximum atomic E-state index is 12.1. The van der Waals surface area contributed by atoms with Crippen LogP contribution in [0.5, 0.6) is 0 Å². The highest BCUT2D eigenvalue weighted by molar-refractivity contribution is 6.32. The van der Waals surface area contributed by atoms with Crippen LogP contribution in [0.4, 0.5) is 11.4 Å². The normalized spacial score (nSPS) is 13.2. The van der Waals surface area contributed by atoms with Crippen molar-refractivity contribution in [2.45, 2.75) is 13.3 Å². The molecule has 1 N–H and O–H groups in total. The van der Waals surface area contributed by atoms with E-state index in [1.807, 2.05) is 36.4 Å². The van der Waals surface area contributed by atoms with Crippen LogP contribution < -0.4 is 10.2 Å². The number of rotatable bonds is 3. The van der Waals surface area contributed by atoms with Crippen LogP contribution in [-0.4, -0.2) is 18.4 Å². The first-order valence-corrected chi connectivity index (χ1v) is 8.07. The number of anilines is 2. The lowest BCUT2D eigenvalue weighted by Crippen LogP contribution is -2.25. The molecular formula is C19H17ClN2O2. The first kappa shape index (κ1) is 16.3. The van der Waals surface area contributed by atoms with Crippen molar-refractivity contribution in [1.29, 1.82) is 0 Å². The minimum Gasteiger partial charge on any atom is -0.322 e. The third-order valence-electron chi connectivity index (χ3n) is 3.95. The Morgan fingerprint density at radius 1 is 1.21 bits per heavy atom. The number of nitrogens with one attached hydrogen (secondary N) is 1. The van der Waals surface area contributed by atoms with Gasteiger partial charge in [0.15, 0.2) is 0 Å². The lowest BCUT2D eigenvalue weighted by Gasteiger charge is -2.15. The molecule has 0 aromatic heterocycles. The van der Waals surface area contributed by atoms with Crippen molar-refractivity contribution in [3.8, 4) is 0 Å². The van der Waals surface area contributed by atoms with Crippen LogP contribution >= 0.6 is 11.6 Å². The average Bonchev–Trinajstić information content (AvgIpc) is 2.97. The maximum absolute atomic E-state index is 12.1. The van der Waals surface area contributed by atoms with Gasteiger partial charge in [-0.2, -0.15) is 0 Å². The fourth-order valence-corrected chi connectivity index (χ4v) is 2.94. The molecule has 4 nitrogen and oxygen atoms in total. The van der Waals surface area contributed by atoms with Crippen LogP contribution in [0.3, 0.4) is 0 Å². The molecule has 122 valence electrons. The molecule has 0 saturated carbocycles. The van der Waals surface area contributed by atoms with Gasteiger partial charge in [0.1, 0.15) is 0 Å². The minimum absolute atomic E-state index is 0.0100. The number of carbonyl (C=O) groups is 2. The summed E-state index contributed by atoms with van der Waals surface area (Å²) in [7, 11) is 0. The Hall–Kier alpha value is -2.59. The monoisotopic (exact) mass is 340 g/mol. The molecule has 0 bridgehead atoms. The molecule has 1 aliphatic heterocycles. The zero-order valence-corrected chi connectivity index (χ0v) is 14.0. The zero-order chi connectivity index (χ0) is 17.1. The Morgan fingerprint density at radius 2 is 2.00 bits per heavy atom. The van der Waals surface area contributed by atoms with Gasteiger partial charge in [0, 0.05) is 35.9 Å². The summed E-state index contributed by atoms with van der Waals surface area (Å²) in [4.78, 5) is 25.5. The number of halogens is 1. The Balaban J connectivity index is 1.73. The summed E-state index contributed by atoms with van der Waals surface area (Å²) >= 11 is 6.06. The molecule has 1 aliphatic rings. The molecule has 2 aromatic carbocycles. The fraction of sp³-hybridized carbons (Fsp3) is 0.158. The second kappa shape index (κ2) is 6.89. The van der Waals surface area contributed by atoms with E-state index < -0.39 is 0 Å². The molecule has 3 rings (SSSR count). The van der Waals surface area contributed by atoms with Crippen molar-refractivity contribution < 1.29 is 9.59 Å². The second-order valence-corrected chi connectivity index (χ2v) is 6.02. The molecule has 2 amide bonds. The van der Waals surface area contributed by atoms with Gasteiger partial charge >= 0.3 is 0 Å². The van der Waals surface area contributed by atoms with Gasteiger partial charge in [-0.1, -0.05) is 35.9 Å². The van der Waals surface area contributed by atoms with Gasteiger partial charge in [0.2, 0.25) is 11.8 Å². The summed E-state index contributed by atoms with van der Waals surface area (Å²) in [6.45, 7) is 2.24. The van der Waals surface area contributed by atoms with Crippen molar-refractivity contribution in [3.05, 3.63) is 64.7 Å². The molecule has 0 radical (unpaired) electrons. The van der Waals surface area contributed by atoms with Crippen molar-refractivity contribution in [3.63, 3.8) is 0 Å². The molecule has 24 heavy (non-hydrogen) atoms. The summed E-state index contributed by atoms with van der Waals surface area (Å²) in [6.07, 6.45) is 3.96. The van der Waals surface area contributed by atoms with Crippen LogP contribution in [0, 0.1) is 0 Å². The zero-order valence-electron chi connectivity index (χ0n) is 13.3. The standard InChI is InChI=1S/C19H17ClN2O2/c1-13(23)22-11-10-15-6-8-16(12-18(15)22)21-19(24)9-7-14-4-2-3-5-17(14)20/h2-9,12H,10-11H2,1H3,(H,21,24)/b9-7+. The van der Waals surface area contributed by atoms with Crippen LogP contribution in [0.2, 0.25) is 5.02 Å². The van der Waals surface area contributed by atoms with E-state index in [-0.39, 0.29) is 11.8 Å². The minimum atomic E-state index is -0.248. The molecule has 0 saturated heterocycles. The van der Waals surface area contributed by atoms with E-state index in [9.17, 15) is 9.59 Å². The van der Waals surface area contributed by atoms with Crippen LogP contribution in [0.15, 0.2) is 48.5 Å². The molecule has 5 heteroatoms. The van der Waals surface area contributed by atoms with Gasteiger partial charge in [-0.05, 0) is 41.8 Å². The van der Waals surface area contributed by atoms with Crippen LogP contribution in [0.1, 0.15) is 18.1 Å². The highest BCUT2D eigenvalue weighted by Crippen LogP contribution is 2.30. The molecular weight excluding hydrogens is 324 g/mol. The predicted molar refractivity (Wildman–Crippen MR) is 97.3 cm³/mol. The van der Waals surface area contributed by atoms with Crippen molar-refractivity contribution in [2.75, 3.05) is 16.8 Å². The molecule has 0 unspecified atom stereocenters. The Bertz CT molecular complexity index is 830. The smallest absolute Gasteiger partial charge is 0.248 e. The Morgan fingerprint density at radius 3 is 2.75 bits per heavy atom. The third-order valence-corrected chi connectivity index (χ3v) is 4.29. The van der Waals surface area contributed by atoms with Crippen molar-refractivity contribution >= 4 is 40.9 Å². The fourth-order valence-electron chi connectivity index (χ4n) is 2.74. The average molecular weight is 341 g/mol. The molecule has 0 fully saturated rings. The van der Waals surface area contributed by atoms with Gasteiger partial charge in [0.05, 0.1) is 0 Å². The van der Waals surface area contributed by atoms with E-state index >= 15 is 0 Å². The molecule has 1 heterocycles. The van der Waals surface area contributed by atoms with Crippen LogP contribution in [0.25, 0.3) is 6.08 Å². The maximum Gasteiger partial charge on any atom is 0.248 e. The van der Waals surface area contributed by atoms with E-state index in [1.165, 1.54) is 6.08 Å². The topological polar surface area (TPSA) is 49.4 Å². The van der Waals surface area contributed by atoms with E-state index in [4.69, 9.17) is 11.6 Å². The largest absolute Gasteiger partial charge is 0.322 e. The molecule has 0 atom stereocenters. The SMILES string of the molecule is CC(=O)N1CCc2ccc(NC(=O)/C=C/c3ccccc3Cl)cc21. The lowest BCUT2D eigenvalue weighted by molar-refractivity contribution is -0.116. The van der Waals surface area contributed by atoms with Gasteiger partial charge in [-0.3, -0.25) is 9.59 Å². The van der Waals surface area contributed by atoms with E-state index in [0.717, 1.165) is 23.2 Å². The van der Waals surface area contributed by atoms with Crippen molar-refractivity contribution in [1.82, 2.24) is 0 Å². The number of hydrogen-bond donors (Lipinski definition) is 1. The summed E-state index contributed by atoms with van der Waals surface area (Å²) < 4.78 is 0. The van der Waals surface area contributed by atoms with Gasteiger partial charge < -0.3 is 10.2 Å². The second-order valence-electron chi connectivity index (χ2n) is 5.61. The first-order chi connectivity index (χ1) is 11.5. The number of amides is 2. The first-order valence-electron chi connectivity index (χ1n) is 7.69. The van der Waals surface area contributed by atoms with Gasteiger partial charge in [0.25, 0.3) is 0 Å². The van der Waals surface area contributed by atoms with E-state index in [2.05, 4.69) is 5.32 Å². The number of hydrogen-bond acceptors (Lipinski definition) is 2. The molecule has 0 aliphatic carbocycles. The summed E-state index contributed by atoms with van der Waals surface area (Å²) in [6, 6.07) is 13.0. The molecule has 0 spiro atoms. The number of carbonyl (C=O) groups excluding carboxylic acids is 2. The van der Waals surface area contributed by atoms with E-state index in [0.29, 0.717) is 17.3 Å². The number of benzene rings is 2. The lowest BCUT2D eigenvalue weighted by atomic mass is 10.1. The Kier molecular flexibility index (Phi) is 4.67. The summed E-state index contributed by atoms with van der Waals surface area (Å²) in [5.41, 5.74) is 3.44. The van der Waals surface area contributed by atoms with Gasteiger partial charge in [-0.25, -0.2) is 0 Å². The van der Waals surface area contributed by atoms with E-state index in [1.54, 1.807) is 24.0 Å². The van der Waals surface area contributed by atoms with Crippen molar-refractivity contribution in [2.24, 2.45) is 0 Å². The summed E-state index contributed by atoms with van der Waals surface area (Å²) in [5, 5.41) is 3.41. The Labute approximate surface area is 145 Å². The third kappa shape index (κ3) is 3.49. The number of nitrogens with zero attached hydrogens (tertiary/aromatic N) is 1. The highest BCUT2D eigenvalue weighted by Gasteiger charge is 2.22. The number of fused-ring (bicyclic) bond motifs is 1.